The Kier molecular flexibility index (Phi) is 7.42. The largest absolute Gasteiger partial charge is 0.383 e. The maximum absolute atomic E-state index is 7.87. The quantitative estimate of drug-likeness (QED) is 0.498. The first kappa shape index (κ1) is 13.4. The molecule has 0 saturated carbocycles. The average Bonchev–Trinajstić information content (AvgIpc) is 2.17. The molecular formula is C10H22N2O2. The van der Waals surface area contributed by atoms with Gasteiger partial charge >= 0.3 is 0 Å². The van der Waals surface area contributed by atoms with Crippen molar-refractivity contribution in [3.8, 4) is 0 Å². The molecule has 0 spiro atoms. The van der Waals surface area contributed by atoms with Crippen molar-refractivity contribution in [2.75, 3.05) is 40.5 Å². The van der Waals surface area contributed by atoms with Gasteiger partial charge < -0.3 is 14.4 Å². The van der Waals surface area contributed by atoms with Crippen molar-refractivity contribution >= 4 is 5.84 Å². The van der Waals surface area contributed by atoms with Crippen molar-refractivity contribution in [1.29, 1.82) is 5.41 Å². The summed E-state index contributed by atoms with van der Waals surface area (Å²) in [6, 6.07) is 0. The highest BCUT2D eigenvalue weighted by molar-refractivity contribution is 5.80. The van der Waals surface area contributed by atoms with Gasteiger partial charge in [-0.2, -0.15) is 0 Å². The number of rotatable bonds is 7. The van der Waals surface area contributed by atoms with Crippen LogP contribution in [0.5, 0.6) is 0 Å². The first-order valence-corrected chi connectivity index (χ1v) is 4.94. The monoisotopic (exact) mass is 202 g/mol. The zero-order valence-corrected chi connectivity index (χ0v) is 9.67. The molecule has 0 rings (SSSR count). The summed E-state index contributed by atoms with van der Waals surface area (Å²) in [5.74, 6) is 0.905. The zero-order valence-electron chi connectivity index (χ0n) is 9.67. The van der Waals surface area contributed by atoms with Crippen LogP contribution >= 0.6 is 0 Å². The van der Waals surface area contributed by atoms with E-state index in [1.807, 2.05) is 18.7 Å². The molecule has 0 unspecified atom stereocenters. The van der Waals surface area contributed by atoms with E-state index < -0.39 is 0 Å². The molecule has 1 N–H and O–H groups in total. The normalized spacial score (nSPS) is 10.6. The minimum absolute atomic E-state index is 0.253. The predicted molar refractivity (Wildman–Crippen MR) is 57.9 cm³/mol. The number of nitrogens with one attached hydrogen (secondary N) is 1. The van der Waals surface area contributed by atoms with Crippen molar-refractivity contribution in [3.05, 3.63) is 0 Å². The summed E-state index contributed by atoms with van der Waals surface area (Å²) in [7, 11) is 3.35. The molecule has 0 fully saturated rings. The molecule has 84 valence electrons. The van der Waals surface area contributed by atoms with Crippen molar-refractivity contribution in [1.82, 2.24) is 4.90 Å². The minimum Gasteiger partial charge on any atom is -0.383 e. The number of methoxy groups -OCH3 is 2. The second-order valence-electron chi connectivity index (χ2n) is 3.51. The maximum Gasteiger partial charge on any atom is 0.0985 e. The first-order valence-electron chi connectivity index (χ1n) is 4.94. The van der Waals surface area contributed by atoms with Crippen LogP contribution in [-0.4, -0.2) is 51.3 Å². The molecule has 4 nitrogen and oxygen atoms in total. The molecule has 0 heterocycles. The first-order chi connectivity index (χ1) is 6.63. The smallest absolute Gasteiger partial charge is 0.0985 e. The third-order valence-electron chi connectivity index (χ3n) is 2.02. The third-order valence-corrected chi connectivity index (χ3v) is 2.02. The van der Waals surface area contributed by atoms with Gasteiger partial charge in [0, 0.05) is 33.2 Å². The van der Waals surface area contributed by atoms with Gasteiger partial charge in [0.05, 0.1) is 19.0 Å². The van der Waals surface area contributed by atoms with Crippen molar-refractivity contribution < 1.29 is 9.47 Å². The molecule has 0 aliphatic heterocycles. The molecule has 0 saturated heterocycles. The Morgan fingerprint density at radius 3 is 1.86 bits per heavy atom. The van der Waals surface area contributed by atoms with Crippen LogP contribution in [0.4, 0.5) is 0 Å². The number of amidine groups is 1. The minimum atomic E-state index is 0.253. The Balaban J connectivity index is 4.01. The second kappa shape index (κ2) is 7.76. The van der Waals surface area contributed by atoms with E-state index in [4.69, 9.17) is 14.9 Å². The lowest BCUT2D eigenvalue weighted by Gasteiger charge is -2.26. The van der Waals surface area contributed by atoms with E-state index in [0.717, 1.165) is 13.1 Å². The average molecular weight is 202 g/mol. The second-order valence-corrected chi connectivity index (χ2v) is 3.51. The van der Waals surface area contributed by atoms with Gasteiger partial charge in [0.1, 0.15) is 0 Å². The Bertz CT molecular complexity index is 152. The Labute approximate surface area is 86.7 Å². The molecule has 0 amide bonds. The molecular weight excluding hydrogens is 180 g/mol. The Hall–Kier alpha value is -0.610. The fourth-order valence-electron chi connectivity index (χ4n) is 1.12. The zero-order chi connectivity index (χ0) is 11.0. The van der Waals surface area contributed by atoms with Crippen LogP contribution in [0.1, 0.15) is 13.8 Å². The van der Waals surface area contributed by atoms with E-state index in [2.05, 4.69) is 0 Å². The van der Waals surface area contributed by atoms with E-state index in [1.165, 1.54) is 0 Å². The lowest BCUT2D eigenvalue weighted by Crippen LogP contribution is -2.38. The standard InChI is InChI=1S/C10H22N2O2/c1-9(2)10(11)12(5-7-13-3)6-8-14-4/h9,11H,5-8H2,1-4H3. The van der Waals surface area contributed by atoms with Gasteiger partial charge in [-0.15, -0.1) is 0 Å². The fourth-order valence-corrected chi connectivity index (χ4v) is 1.12. The third kappa shape index (κ3) is 5.19. The van der Waals surface area contributed by atoms with Gasteiger partial charge in [-0.3, -0.25) is 5.41 Å². The molecule has 14 heavy (non-hydrogen) atoms. The summed E-state index contributed by atoms with van der Waals surface area (Å²) < 4.78 is 10.0. The van der Waals surface area contributed by atoms with Crippen LogP contribution in [0.15, 0.2) is 0 Å². The molecule has 4 heteroatoms. The summed E-state index contributed by atoms with van der Waals surface area (Å²) in [6.07, 6.45) is 0. The molecule has 0 aromatic rings. The van der Waals surface area contributed by atoms with Crippen LogP contribution in [0, 0.1) is 11.3 Å². The van der Waals surface area contributed by atoms with Crippen LogP contribution in [0.3, 0.4) is 0 Å². The molecule has 0 aliphatic carbocycles. The van der Waals surface area contributed by atoms with Crippen molar-refractivity contribution in [3.63, 3.8) is 0 Å². The van der Waals surface area contributed by atoms with Crippen LogP contribution in [0.25, 0.3) is 0 Å². The number of hydrogen-bond donors (Lipinski definition) is 1. The van der Waals surface area contributed by atoms with E-state index in [-0.39, 0.29) is 5.92 Å². The van der Waals surface area contributed by atoms with Crippen molar-refractivity contribution in [2.24, 2.45) is 5.92 Å². The summed E-state index contributed by atoms with van der Waals surface area (Å²) >= 11 is 0. The molecule has 0 aromatic carbocycles. The van der Waals surface area contributed by atoms with E-state index in [0.29, 0.717) is 19.0 Å². The van der Waals surface area contributed by atoms with Gasteiger partial charge in [0.25, 0.3) is 0 Å². The van der Waals surface area contributed by atoms with Gasteiger partial charge in [-0.25, -0.2) is 0 Å². The maximum atomic E-state index is 7.87. The SMILES string of the molecule is COCCN(CCOC)C(=N)C(C)C. The molecule has 0 radical (unpaired) electrons. The number of ether oxygens (including phenoxy) is 2. The van der Waals surface area contributed by atoms with E-state index in [1.54, 1.807) is 14.2 Å². The summed E-state index contributed by atoms with van der Waals surface area (Å²) in [5, 5.41) is 7.87. The molecule has 0 atom stereocenters. The van der Waals surface area contributed by atoms with E-state index in [9.17, 15) is 0 Å². The Morgan fingerprint density at radius 2 is 1.57 bits per heavy atom. The highest BCUT2D eigenvalue weighted by atomic mass is 16.5. The molecule has 0 bridgehead atoms. The number of nitrogens with zero attached hydrogens (tertiary/aromatic N) is 1. The van der Waals surface area contributed by atoms with Gasteiger partial charge in [-0.1, -0.05) is 13.8 Å². The highest BCUT2D eigenvalue weighted by Crippen LogP contribution is 2.01. The van der Waals surface area contributed by atoms with Crippen molar-refractivity contribution in [2.45, 2.75) is 13.8 Å². The lowest BCUT2D eigenvalue weighted by atomic mass is 10.2. The molecule has 0 aliphatic rings. The van der Waals surface area contributed by atoms with Gasteiger partial charge in [0.2, 0.25) is 0 Å². The van der Waals surface area contributed by atoms with Crippen LogP contribution < -0.4 is 0 Å². The summed E-state index contributed by atoms with van der Waals surface area (Å²) in [6.45, 7) is 6.87. The van der Waals surface area contributed by atoms with Gasteiger partial charge in [-0.05, 0) is 0 Å². The van der Waals surface area contributed by atoms with Crippen LogP contribution in [-0.2, 0) is 9.47 Å². The summed E-state index contributed by atoms with van der Waals surface area (Å²) in [4.78, 5) is 2.00. The Morgan fingerprint density at radius 1 is 1.14 bits per heavy atom. The summed E-state index contributed by atoms with van der Waals surface area (Å²) in [5.41, 5.74) is 0. The predicted octanol–water partition coefficient (Wildman–Crippen LogP) is 1.21. The highest BCUT2D eigenvalue weighted by Gasteiger charge is 2.12. The van der Waals surface area contributed by atoms with E-state index >= 15 is 0 Å². The lowest BCUT2D eigenvalue weighted by molar-refractivity contribution is 0.144. The topological polar surface area (TPSA) is 45.6 Å². The fraction of sp³-hybridized carbons (Fsp3) is 0.900. The molecule has 0 aromatic heterocycles. The number of hydrogen-bond acceptors (Lipinski definition) is 3. The van der Waals surface area contributed by atoms with Crippen LogP contribution in [0.2, 0.25) is 0 Å². The van der Waals surface area contributed by atoms with Gasteiger partial charge in [0.15, 0.2) is 0 Å².